The van der Waals surface area contributed by atoms with Gasteiger partial charge in [0.1, 0.15) is 5.75 Å². The number of aliphatic hydroxyl groups is 1. The van der Waals surface area contributed by atoms with Crippen LogP contribution in [0.15, 0.2) is 53.4 Å². The molecule has 1 aliphatic heterocycles. The summed E-state index contributed by atoms with van der Waals surface area (Å²) < 4.78 is 18.0. The molecule has 1 heterocycles. The monoisotopic (exact) mass is 317 g/mol. The number of anilines is 1. The van der Waals surface area contributed by atoms with Gasteiger partial charge in [-0.3, -0.25) is 9.00 Å². The topological polar surface area (TPSA) is 75.6 Å². The van der Waals surface area contributed by atoms with Crippen LogP contribution in [0, 0.1) is 0 Å². The minimum absolute atomic E-state index is 0.473. The van der Waals surface area contributed by atoms with Gasteiger partial charge in [0.05, 0.1) is 33.7 Å². The Morgan fingerprint density at radius 3 is 2.50 bits per heavy atom. The average Bonchev–Trinajstić information content (AvgIpc) is 2.64. The molecule has 2 aromatic carbocycles. The maximum absolute atomic E-state index is 12.9. The third-order valence-corrected chi connectivity index (χ3v) is 5.37. The molecule has 6 heteroatoms. The van der Waals surface area contributed by atoms with Crippen molar-refractivity contribution in [3.8, 4) is 5.75 Å². The Morgan fingerprint density at radius 1 is 1.14 bits per heavy atom. The van der Waals surface area contributed by atoms with E-state index in [0.29, 0.717) is 21.9 Å². The highest BCUT2D eigenvalue weighted by molar-refractivity contribution is 7.85. The molecule has 0 spiro atoms. The van der Waals surface area contributed by atoms with Crippen LogP contribution in [0.5, 0.6) is 5.75 Å². The van der Waals surface area contributed by atoms with E-state index in [1.165, 1.54) is 0 Å². The van der Waals surface area contributed by atoms with Crippen molar-refractivity contribution in [2.45, 2.75) is 16.2 Å². The number of fused-ring (bicyclic) bond motifs is 1. The standard InChI is InChI=1S/C16H15NO4S/c1-21-11-8-6-10(7-9-11)15-14(18)16(19)17-12-4-2-3-5-13(12)22(15)20/h2-9,14-15,18H,1H3,(H,17,19)/t14-,15+,22?/m0/s1. The smallest absolute Gasteiger partial charge is 0.254 e. The summed E-state index contributed by atoms with van der Waals surface area (Å²) in [6.45, 7) is 0. The fourth-order valence-corrected chi connectivity index (χ4v) is 4.03. The van der Waals surface area contributed by atoms with Crippen LogP contribution in [0.4, 0.5) is 5.69 Å². The molecule has 0 saturated heterocycles. The van der Waals surface area contributed by atoms with Gasteiger partial charge in [-0.2, -0.15) is 0 Å². The minimum atomic E-state index is -1.55. The zero-order chi connectivity index (χ0) is 15.7. The molecule has 5 nitrogen and oxygen atoms in total. The van der Waals surface area contributed by atoms with E-state index in [1.54, 1.807) is 55.6 Å². The van der Waals surface area contributed by atoms with Crippen LogP contribution in [0.2, 0.25) is 0 Å². The highest BCUT2D eigenvalue weighted by Crippen LogP contribution is 2.35. The van der Waals surface area contributed by atoms with Gasteiger partial charge in [0.2, 0.25) is 0 Å². The Bertz CT molecular complexity index is 729. The van der Waals surface area contributed by atoms with Gasteiger partial charge in [0, 0.05) is 0 Å². The maximum atomic E-state index is 12.9. The number of ether oxygens (including phenoxy) is 1. The Balaban J connectivity index is 2.08. The molecule has 22 heavy (non-hydrogen) atoms. The molecule has 1 amide bonds. The van der Waals surface area contributed by atoms with E-state index in [-0.39, 0.29) is 0 Å². The number of rotatable bonds is 2. The molecule has 0 bridgehead atoms. The quantitative estimate of drug-likeness (QED) is 0.886. The summed E-state index contributed by atoms with van der Waals surface area (Å²) in [4.78, 5) is 12.6. The van der Waals surface area contributed by atoms with Crippen molar-refractivity contribution < 1.29 is 18.8 Å². The Kier molecular flexibility index (Phi) is 3.96. The molecule has 1 aliphatic rings. The lowest BCUT2D eigenvalue weighted by Crippen LogP contribution is -2.32. The number of carbonyl (C=O) groups is 1. The van der Waals surface area contributed by atoms with Gasteiger partial charge in [-0.25, -0.2) is 0 Å². The predicted octanol–water partition coefficient (Wildman–Crippen LogP) is 1.86. The van der Waals surface area contributed by atoms with Crippen LogP contribution in [0.25, 0.3) is 0 Å². The predicted molar refractivity (Wildman–Crippen MR) is 83.2 cm³/mol. The molecule has 0 fully saturated rings. The minimum Gasteiger partial charge on any atom is -0.497 e. The number of carbonyl (C=O) groups excluding carboxylic acids is 1. The molecule has 0 aliphatic carbocycles. The van der Waals surface area contributed by atoms with Crippen molar-refractivity contribution >= 4 is 22.4 Å². The number of hydrogen-bond acceptors (Lipinski definition) is 4. The van der Waals surface area contributed by atoms with Gasteiger partial charge in [0.25, 0.3) is 5.91 Å². The number of hydrogen-bond donors (Lipinski definition) is 2. The van der Waals surface area contributed by atoms with Crippen molar-refractivity contribution in [1.29, 1.82) is 0 Å². The highest BCUT2D eigenvalue weighted by Gasteiger charge is 2.37. The molecule has 0 aromatic heterocycles. The zero-order valence-corrected chi connectivity index (χ0v) is 12.7. The lowest BCUT2D eigenvalue weighted by atomic mass is 10.1. The first-order valence-electron chi connectivity index (χ1n) is 6.74. The molecule has 114 valence electrons. The van der Waals surface area contributed by atoms with Crippen LogP contribution in [-0.2, 0) is 15.6 Å². The van der Waals surface area contributed by atoms with Crippen LogP contribution in [0.1, 0.15) is 10.8 Å². The van der Waals surface area contributed by atoms with Gasteiger partial charge in [-0.1, -0.05) is 24.3 Å². The Labute approximate surface area is 130 Å². The molecule has 1 unspecified atom stereocenters. The molecular formula is C16H15NO4S. The van der Waals surface area contributed by atoms with Crippen molar-refractivity contribution in [1.82, 2.24) is 0 Å². The fourth-order valence-electron chi connectivity index (χ4n) is 2.44. The van der Waals surface area contributed by atoms with E-state index in [2.05, 4.69) is 5.32 Å². The van der Waals surface area contributed by atoms with Gasteiger partial charge < -0.3 is 15.2 Å². The van der Waals surface area contributed by atoms with Gasteiger partial charge in [0.15, 0.2) is 6.10 Å². The summed E-state index contributed by atoms with van der Waals surface area (Å²) in [5.41, 5.74) is 1.10. The summed E-state index contributed by atoms with van der Waals surface area (Å²) in [6, 6.07) is 13.7. The zero-order valence-electron chi connectivity index (χ0n) is 11.9. The number of nitrogens with one attached hydrogen (secondary N) is 1. The van der Waals surface area contributed by atoms with Gasteiger partial charge in [-0.05, 0) is 29.8 Å². The van der Waals surface area contributed by atoms with Crippen molar-refractivity contribution in [2.75, 3.05) is 12.4 Å². The third-order valence-electron chi connectivity index (χ3n) is 3.59. The van der Waals surface area contributed by atoms with Crippen molar-refractivity contribution in [2.24, 2.45) is 0 Å². The number of amides is 1. The lowest BCUT2D eigenvalue weighted by Gasteiger charge is -2.19. The molecule has 0 saturated carbocycles. The first-order chi connectivity index (χ1) is 10.6. The Morgan fingerprint density at radius 2 is 1.82 bits per heavy atom. The van der Waals surface area contributed by atoms with E-state index in [9.17, 15) is 14.1 Å². The highest BCUT2D eigenvalue weighted by atomic mass is 32.2. The summed E-state index contributed by atoms with van der Waals surface area (Å²) in [5, 5.41) is 12.1. The normalized spacial score (nSPS) is 24.1. The summed E-state index contributed by atoms with van der Waals surface area (Å²) in [6.07, 6.45) is -1.39. The maximum Gasteiger partial charge on any atom is 0.254 e. The summed E-state index contributed by atoms with van der Waals surface area (Å²) >= 11 is 0. The number of methoxy groups -OCH3 is 1. The fraction of sp³-hybridized carbons (Fsp3) is 0.188. The Hall–Kier alpha value is -2.18. The van der Waals surface area contributed by atoms with E-state index in [0.717, 1.165) is 0 Å². The largest absolute Gasteiger partial charge is 0.497 e. The van der Waals surface area contributed by atoms with E-state index in [4.69, 9.17) is 4.74 Å². The first-order valence-corrected chi connectivity index (χ1v) is 7.95. The molecule has 2 N–H and O–H groups in total. The third kappa shape index (κ3) is 2.51. The molecule has 3 rings (SSSR count). The molecule has 2 aromatic rings. The average molecular weight is 317 g/mol. The number of para-hydroxylation sites is 1. The number of aliphatic hydroxyl groups excluding tert-OH is 1. The summed E-state index contributed by atoms with van der Waals surface area (Å²) in [5.74, 6) is 0.0987. The second-order valence-electron chi connectivity index (χ2n) is 4.92. The van der Waals surface area contributed by atoms with Crippen LogP contribution in [-0.4, -0.2) is 28.4 Å². The van der Waals surface area contributed by atoms with Gasteiger partial charge >= 0.3 is 0 Å². The number of benzene rings is 2. The lowest BCUT2D eigenvalue weighted by molar-refractivity contribution is -0.124. The molecule has 0 radical (unpaired) electrons. The molecular weight excluding hydrogens is 302 g/mol. The molecule has 3 atom stereocenters. The van der Waals surface area contributed by atoms with Crippen molar-refractivity contribution in [3.05, 3.63) is 54.1 Å². The van der Waals surface area contributed by atoms with E-state index < -0.39 is 28.1 Å². The van der Waals surface area contributed by atoms with E-state index in [1.807, 2.05) is 0 Å². The van der Waals surface area contributed by atoms with Crippen molar-refractivity contribution in [3.63, 3.8) is 0 Å². The van der Waals surface area contributed by atoms with Gasteiger partial charge in [-0.15, -0.1) is 0 Å². The van der Waals surface area contributed by atoms with E-state index >= 15 is 0 Å². The summed E-state index contributed by atoms with van der Waals surface area (Å²) in [7, 11) is -0.00184. The van der Waals surface area contributed by atoms with Crippen LogP contribution < -0.4 is 10.1 Å². The van der Waals surface area contributed by atoms with Crippen LogP contribution in [0.3, 0.4) is 0 Å². The second-order valence-corrected chi connectivity index (χ2v) is 6.46. The SMILES string of the molecule is COc1ccc([C@@H]2[C@H](O)C(=O)Nc3ccccc3S2=O)cc1. The first kappa shape index (κ1) is 14.7. The second kappa shape index (κ2) is 5.90. The van der Waals surface area contributed by atoms with Crippen LogP contribution >= 0.6 is 0 Å².